The van der Waals surface area contributed by atoms with Crippen molar-refractivity contribution in [1.82, 2.24) is 10.6 Å². The highest BCUT2D eigenvalue weighted by Gasteiger charge is 2.02. The maximum atomic E-state index is 11.2. The first-order valence-electron chi connectivity index (χ1n) is 5.38. The molecule has 0 spiro atoms. The molecule has 0 aliphatic rings. The van der Waals surface area contributed by atoms with Crippen molar-refractivity contribution in [3.8, 4) is 0 Å². The Labute approximate surface area is 90.8 Å². The van der Waals surface area contributed by atoms with Crippen molar-refractivity contribution in [2.24, 2.45) is 5.73 Å². The Hall–Kier alpha value is -1.10. The van der Waals surface area contributed by atoms with E-state index in [1.54, 1.807) is 7.05 Å². The van der Waals surface area contributed by atoms with Gasteiger partial charge in [-0.2, -0.15) is 0 Å². The summed E-state index contributed by atoms with van der Waals surface area (Å²) in [6.07, 6.45) is 3.67. The number of carbonyl (C=O) groups is 2. The first-order valence-corrected chi connectivity index (χ1v) is 5.38. The van der Waals surface area contributed by atoms with Gasteiger partial charge in [-0.15, -0.1) is 0 Å². The molecule has 5 heteroatoms. The van der Waals surface area contributed by atoms with Crippen molar-refractivity contribution >= 4 is 11.8 Å². The van der Waals surface area contributed by atoms with E-state index in [1.165, 1.54) is 0 Å². The molecule has 0 rings (SSSR count). The molecule has 2 amide bonds. The van der Waals surface area contributed by atoms with Crippen LogP contribution in [0.15, 0.2) is 0 Å². The summed E-state index contributed by atoms with van der Waals surface area (Å²) < 4.78 is 0. The summed E-state index contributed by atoms with van der Waals surface area (Å²) >= 11 is 0. The molecule has 0 fully saturated rings. The van der Waals surface area contributed by atoms with Gasteiger partial charge in [0.05, 0.1) is 0 Å². The minimum atomic E-state index is -0.0570. The molecule has 0 aliphatic carbocycles. The van der Waals surface area contributed by atoms with E-state index >= 15 is 0 Å². The molecule has 0 saturated carbocycles. The Bertz CT molecular complexity index is 195. The van der Waals surface area contributed by atoms with Crippen molar-refractivity contribution in [3.63, 3.8) is 0 Å². The van der Waals surface area contributed by atoms with E-state index in [2.05, 4.69) is 10.6 Å². The molecule has 15 heavy (non-hydrogen) atoms. The van der Waals surface area contributed by atoms with Crippen LogP contribution in [0.1, 0.15) is 32.1 Å². The Morgan fingerprint density at radius 1 is 1.07 bits per heavy atom. The van der Waals surface area contributed by atoms with E-state index in [0.29, 0.717) is 25.9 Å². The number of unbranched alkanes of at least 4 members (excludes halogenated alkanes) is 2. The minimum absolute atomic E-state index is 0.0101. The van der Waals surface area contributed by atoms with Gasteiger partial charge in [-0.3, -0.25) is 9.59 Å². The zero-order valence-electron chi connectivity index (χ0n) is 9.34. The molecule has 0 bridgehead atoms. The zero-order chi connectivity index (χ0) is 11.5. The topological polar surface area (TPSA) is 84.2 Å². The molecular weight excluding hydrogens is 194 g/mol. The molecule has 0 unspecified atom stereocenters. The van der Waals surface area contributed by atoms with Crippen molar-refractivity contribution in [2.75, 3.05) is 20.1 Å². The third kappa shape index (κ3) is 9.21. The van der Waals surface area contributed by atoms with E-state index in [9.17, 15) is 9.59 Å². The number of rotatable bonds is 8. The maximum Gasteiger partial charge on any atom is 0.221 e. The molecule has 0 aliphatic heterocycles. The van der Waals surface area contributed by atoms with Crippen LogP contribution in [0.25, 0.3) is 0 Å². The first-order chi connectivity index (χ1) is 7.20. The molecular formula is C10H21N3O2. The van der Waals surface area contributed by atoms with Gasteiger partial charge in [0.1, 0.15) is 0 Å². The van der Waals surface area contributed by atoms with Gasteiger partial charge in [-0.25, -0.2) is 0 Å². The monoisotopic (exact) mass is 215 g/mol. The normalized spacial score (nSPS) is 9.73. The third-order valence-electron chi connectivity index (χ3n) is 2.06. The van der Waals surface area contributed by atoms with Crippen LogP contribution in [-0.4, -0.2) is 32.0 Å². The lowest BCUT2D eigenvalue weighted by atomic mass is 10.2. The van der Waals surface area contributed by atoms with Crippen LogP contribution < -0.4 is 16.4 Å². The minimum Gasteiger partial charge on any atom is -0.359 e. The van der Waals surface area contributed by atoms with Gasteiger partial charge >= 0.3 is 0 Å². The quantitative estimate of drug-likeness (QED) is 0.488. The van der Waals surface area contributed by atoms with Gasteiger partial charge in [0, 0.05) is 26.4 Å². The van der Waals surface area contributed by atoms with Crippen LogP contribution in [0.4, 0.5) is 0 Å². The molecule has 0 aromatic rings. The number of nitrogens with one attached hydrogen (secondary N) is 2. The smallest absolute Gasteiger partial charge is 0.221 e. The van der Waals surface area contributed by atoms with E-state index in [4.69, 9.17) is 5.73 Å². The van der Waals surface area contributed by atoms with Gasteiger partial charge in [-0.05, 0) is 19.4 Å². The van der Waals surface area contributed by atoms with Crippen molar-refractivity contribution in [1.29, 1.82) is 0 Å². The third-order valence-corrected chi connectivity index (χ3v) is 2.06. The van der Waals surface area contributed by atoms with Gasteiger partial charge < -0.3 is 16.4 Å². The molecule has 5 nitrogen and oxygen atoms in total. The second-order valence-corrected chi connectivity index (χ2v) is 3.37. The molecule has 0 aromatic carbocycles. The summed E-state index contributed by atoms with van der Waals surface area (Å²) in [4.78, 5) is 22.0. The second-order valence-electron chi connectivity index (χ2n) is 3.37. The van der Waals surface area contributed by atoms with Crippen molar-refractivity contribution in [2.45, 2.75) is 32.1 Å². The average molecular weight is 215 g/mol. The second kappa shape index (κ2) is 9.45. The lowest BCUT2D eigenvalue weighted by molar-refractivity contribution is -0.122. The fraction of sp³-hybridized carbons (Fsp3) is 0.800. The average Bonchev–Trinajstić information content (AvgIpc) is 2.24. The lowest BCUT2D eigenvalue weighted by Crippen LogP contribution is -2.28. The molecule has 0 aromatic heterocycles. The number of hydrogen-bond donors (Lipinski definition) is 3. The van der Waals surface area contributed by atoms with Gasteiger partial charge in [0.2, 0.25) is 11.8 Å². The van der Waals surface area contributed by atoms with Gasteiger partial charge in [0.15, 0.2) is 0 Å². The Kier molecular flexibility index (Phi) is 8.76. The van der Waals surface area contributed by atoms with Crippen LogP contribution in [0.3, 0.4) is 0 Å². The molecule has 88 valence electrons. The highest BCUT2D eigenvalue weighted by atomic mass is 16.2. The molecule has 0 saturated heterocycles. The summed E-state index contributed by atoms with van der Waals surface area (Å²) in [6, 6.07) is 0. The van der Waals surface area contributed by atoms with E-state index in [1.807, 2.05) is 0 Å². The lowest BCUT2D eigenvalue weighted by Gasteiger charge is -2.04. The summed E-state index contributed by atoms with van der Waals surface area (Å²) in [7, 11) is 1.58. The molecule has 0 atom stereocenters. The first kappa shape index (κ1) is 13.9. The Morgan fingerprint density at radius 2 is 1.80 bits per heavy atom. The van der Waals surface area contributed by atoms with Crippen LogP contribution >= 0.6 is 0 Å². The fourth-order valence-electron chi connectivity index (χ4n) is 1.14. The zero-order valence-corrected chi connectivity index (χ0v) is 9.34. The van der Waals surface area contributed by atoms with Crippen LogP contribution in [0.5, 0.6) is 0 Å². The molecule has 0 radical (unpaired) electrons. The number of carbonyl (C=O) groups excluding carboxylic acids is 2. The molecule has 4 N–H and O–H groups in total. The highest BCUT2D eigenvalue weighted by molar-refractivity contribution is 5.78. The summed E-state index contributed by atoms with van der Waals surface area (Å²) in [5.74, 6) is -0.0469. The fourth-order valence-corrected chi connectivity index (χ4v) is 1.14. The SMILES string of the molecule is CNC(=O)CCNC(=O)CCCCCN. The summed E-state index contributed by atoms with van der Waals surface area (Å²) in [5, 5.41) is 5.19. The Morgan fingerprint density at radius 3 is 2.40 bits per heavy atom. The predicted octanol–water partition coefficient (Wildman–Crippen LogP) is -0.242. The van der Waals surface area contributed by atoms with E-state index < -0.39 is 0 Å². The highest BCUT2D eigenvalue weighted by Crippen LogP contribution is 1.97. The number of amides is 2. The largest absolute Gasteiger partial charge is 0.359 e. The Balaban J connectivity index is 3.29. The van der Waals surface area contributed by atoms with Crippen LogP contribution in [0.2, 0.25) is 0 Å². The molecule has 0 heterocycles. The number of hydrogen-bond acceptors (Lipinski definition) is 3. The van der Waals surface area contributed by atoms with Gasteiger partial charge in [0.25, 0.3) is 0 Å². The summed E-state index contributed by atoms with van der Waals surface area (Å²) in [6.45, 7) is 1.09. The van der Waals surface area contributed by atoms with E-state index in [0.717, 1.165) is 19.3 Å². The number of nitrogens with two attached hydrogens (primary N) is 1. The van der Waals surface area contributed by atoms with Crippen LogP contribution in [-0.2, 0) is 9.59 Å². The maximum absolute atomic E-state index is 11.2. The summed E-state index contributed by atoms with van der Waals surface area (Å²) in [5.41, 5.74) is 5.33. The van der Waals surface area contributed by atoms with Crippen LogP contribution in [0, 0.1) is 0 Å². The van der Waals surface area contributed by atoms with Crippen molar-refractivity contribution < 1.29 is 9.59 Å². The predicted molar refractivity (Wildman–Crippen MR) is 59.2 cm³/mol. The van der Waals surface area contributed by atoms with Gasteiger partial charge in [-0.1, -0.05) is 6.42 Å². The van der Waals surface area contributed by atoms with Crippen molar-refractivity contribution in [3.05, 3.63) is 0 Å². The standard InChI is InChI=1S/C10H21N3O2/c1-12-9(14)6-8-13-10(15)5-3-2-4-7-11/h2-8,11H2,1H3,(H,12,14)(H,13,15). The van der Waals surface area contributed by atoms with E-state index in [-0.39, 0.29) is 11.8 Å².